The van der Waals surface area contributed by atoms with Crippen molar-refractivity contribution in [3.05, 3.63) is 65.2 Å². The van der Waals surface area contributed by atoms with Gasteiger partial charge in [0.05, 0.1) is 6.61 Å². The van der Waals surface area contributed by atoms with Crippen LogP contribution in [0, 0.1) is 0 Å². The molecule has 5 nitrogen and oxygen atoms in total. The molecule has 31 heavy (non-hydrogen) atoms. The van der Waals surface area contributed by atoms with E-state index in [2.05, 4.69) is 42.2 Å². The largest absolute Gasteiger partial charge is 0.493 e. The summed E-state index contributed by atoms with van der Waals surface area (Å²) in [5, 5.41) is 0. The van der Waals surface area contributed by atoms with Crippen molar-refractivity contribution < 1.29 is 14.3 Å². The van der Waals surface area contributed by atoms with E-state index >= 15 is 0 Å². The topological polar surface area (TPSA) is 42.0 Å². The number of fused-ring (bicyclic) bond motifs is 1. The monoisotopic (exact) mass is 420 g/mol. The van der Waals surface area contributed by atoms with Crippen LogP contribution in [-0.2, 0) is 17.8 Å². The summed E-state index contributed by atoms with van der Waals surface area (Å²) >= 11 is 0. The van der Waals surface area contributed by atoms with Crippen LogP contribution in [-0.4, -0.2) is 54.6 Å². The zero-order chi connectivity index (χ0) is 21.6. The standard InChI is InChI=1S/C26H32N2O3/c1-3-30-24-18-23-16-20(2)31-25(23)17-22(24)10-11-26(29)28-13-7-12-27(14-15-28)19-21-8-5-4-6-9-21/h4-6,8-11,17-18,20H,3,7,12-16,19H2,1-2H3/b11-10+. The van der Waals surface area contributed by atoms with E-state index in [-0.39, 0.29) is 12.0 Å². The Bertz CT molecular complexity index is 926. The second-order valence-electron chi connectivity index (χ2n) is 8.34. The SMILES string of the molecule is CCOc1cc2c(cc1/C=C/C(=O)N1CCCN(Cc3ccccc3)CC1)OC(C)C2. The van der Waals surface area contributed by atoms with Crippen molar-refractivity contribution in [2.24, 2.45) is 0 Å². The maximum Gasteiger partial charge on any atom is 0.246 e. The number of amides is 1. The van der Waals surface area contributed by atoms with Crippen LogP contribution in [0.5, 0.6) is 11.5 Å². The van der Waals surface area contributed by atoms with Gasteiger partial charge in [0.1, 0.15) is 17.6 Å². The average molecular weight is 421 g/mol. The van der Waals surface area contributed by atoms with E-state index < -0.39 is 0 Å². The lowest BCUT2D eigenvalue weighted by atomic mass is 10.1. The molecule has 4 rings (SSSR count). The van der Waals surface area contributed by atoms with Crippen LogP contribution in [0.25, 0.3) is 6.08 Å². The van der Waals surface area contributed by atoms with Gasteiger partial charge in [-0.3, -0.25) is 9.69 Å². The maximum atomic E-state index is 12.9. The highest BCUT2D eigenvalue weighted by atomic mass is 16.5. The molecular formula is C26H32N2O3. The maximum absolute atomic E-state index is 12.9. The van der Waals surface area contributed by atoms with Crippen molar-refractivity contribution in [2.75, 3.05) is 32.8 Å². The molecule has 164 valence electrons. The molecule has 2 heterocycles. The fraction of sp³-hybridized carbons (Fsp3) is 0.423. The Morgan fingerprint density at radius 3 is 2.81 bits per heavy atom. The summed E-state index contributed by atoms with van der Waals surface area (Å²) in [6.45, 7) is 9.01. The zero-order valence-electron chi connectivity index (χ0n) is 18.5. The van der Waals surface area contributed by atoms with Gasteiger partial charge in [-0.05, 0) is 44.0 Å². The number of benzene rings is 2. The molecule has 0 radical (unpaired) electrons. The minimum Gasteiger partial charge on any atom is -0.493 e. The molecule has 1 amide bonds. The minimum atomic E-state index is 0.0544. The van der Waals surface area contributed by atoms with Gasteiger partial charge in [0.25, 0.3) is 0 Å². The number of hydrogen-bond donors (Lipinski definition) is 0. The van der Waals surface area contributed by atoms with E-state index in [9.17, 15) is 4.79 Å². The van der Waals surface area contributed by atoms with E-state index in [4.69, 9.17) is 9.47 Å². The van der Waals surface area contributed by atoms with E-state index in [0.29, 0.717) is 6.61 Å². The van der Waals surface area contributed by atoms with Gasteiger partial charge in [-0.15, -0.1) is 0 Å². The summed E-state index contributed by atoms with van der Waals surface area (Å²) in [7, 11) is 0. The summed E-state index contributed by atoms with van der Waals surface area (Å²) in [5.74, 6) is 1.76. The quantitative estimate of drug-likeness (QED) is 0.658. The minimum absolute atomic E-state index is 0.0544. The first-order chi connectivity index (χ1) is 15.1. The van der Waals surface area contributed by atoms with Crippen molar-refractivity contribution in [3.8, 4) is 11.5 Å². The average Bonchev–Trinajstić information content (AvgIpc) is 2.97. The van der Waals surface area contributed by atoms with Gasteiger partial charge in [0.15, 0.2) is 0 Å². The molecule has 0 aromatic heterocycles. The van der Waals surface area contributed by atoms with E-state index in [1.807, 2.05) is 30.0 Å². The van der Waals surface area contributed by atoms with Gasteiger partial charge < -0.3 is 14.4 Å². The van der Waals surface area contributed by atoms with Crippen molar-refractivity contribution in [3.63, 3.8) is 0 Å². The lowest BCUT2D eigenvalue weighted by Gasteiger charge is -2.21. The van der Waals surface area contributed by atoms with Gasteiger partial charge in [-0.2, -0.15) is 0 Å². The third-order valence-electron chi connectivity index (χ3n) is 5.88. The molecule has 2 aliphatic rings. The Hall–Kier alpha value is -2.79. The van der Waals surface area contributed by atoms with Gasteiger partial charge in [0.2, 0.25) is 5.91 Å². The Morgan fingerprint density at radius 2 is 2.00 bits per heavy atom. The number of carbonyl (C=O) groups is 1. The Balaban J connectivity index is 1.39. The van der Waals surface area contributed by atoms with Gasteiger partial charge >= 0.3 is 0 Å². The summed E-state index contributed by atoms with van der Waals surface area (Å²) < 4.78 is 11.7. The molecule has 1 fully saturated rings. The molecular weight excluding hydrogens is 388 g/mol. The van der Waals surface area contributed by atoms with Crippen molar-refractivity contribution in [1.82, 2.24) is 9.80 Å². The fourth-order valence-corrected chi connectivity index (χ4v) is 4.32. The van der Waals surface area contributed by atoms with Gasteiger partial charge in [0, 0.05) is 56.3 Å². The number of hydrogen-bond acceptors (Lipinski definition) is 4. The van der Waals surface area contributed by atoms with Crippen LogP contribution in [0.3, 0.4) is 0 Å². The highest BCUT2D eigenvalue weighted by Gasteiger charge is 2.22. The van der Waals surface area contributed by atoms with Crippen LogP contribution in [0.4, 0.5) is 0 Å². The molecule has 0 bridgehead atoms. The zero-order valence-corrected chi connectivity index (χ0v) is 18.5. The second kappa shape index (κ2) is 10.0. The molecule has 0 spiro atoms. The Kier molecular flexibility index (Phi) is 6.92. The molecule has 0 N–H and O–H groups in total. The highest BCUT2D eigenvalue weighted by molar-refractivity contribution is 5.92. The predicted molar refractivity (Wildman–Crippen MR) is 123 cm³/mol. The third-order valence-corrected chi connectivity index (χ3v) is 5.88. The lowest BCUT2D eigenvalue weighted by molar-refractivity contribution is -0.125. The van der Waals surface area contributed by atoms with Crippen molar-refractivity contribution >= 4 is 12.0 Å². The number of ether oxygens (including phenoxy) is 2. The smallest absolute Gasteiger partial charge is 0.246 e. The van der Waals surface area contributed by atoms with Crippen LogP contribution in [0.15, 0.2) is 48.5 Å². The first kappa shape index (κ1) is 21.4. The van der Waals surface area contributed by atoms with Crippen LogP contribution >= 0.6 is 0 Å². The Labute approximate surface area is 185 Å². The summed E-state index contributed by atoms with van der Waals surface area (Å²) in [4.78, 5) is 17.3. The van der Waals surface area contributed by atoms with Crippen molar-refractivity contribution in [1.29, 1.82) is 0 Å². The fourth-order valence-electron chi connectivity index (χ4n) is 4.32. The molecule has 2 aromatic rings. The van der Waals surface area contributed by atoms with Crippen LogP contribution < -0.4 is 9.47 Å². The predicted octanol–water partition coefficient (Wildman–Crippen LogP) is 4.16. The molecule has 0 saturated carbocycles. The lowest BCUT2D eigenvalue weighted by Crippen LogP contribution is -2.34. The molecule has 2 aliphatic heterocycles. The molecule has 1 atom stereocenters. The first-order valence-corrected chi connectivity index (χ1v) is 11.3. The number of carbonyl (C=O) groups excluding carboxylic acids is 1. The summed E-state index contributed by atoms with van der Waals surface area (Å²) in [5.41, 5.74) is 3.38. The molecule has 1 saturated heterocycles. The summed E-state index contributed by atoms with van der Waals surface area (Å²) in [6.07, 6.45) is 5.61. The van der Waals surface area contributed by atoms with Crippen molar-refractivity contribution in [2.45, 2.75) is 39.3 Å². The third kappa shape index (κ3) is 5.47. The van der Waals surface area contributed by atoms with E-state index in [1.54, 1.807) is 6.08 Å². The van der Waals surface area contributed by atoms with E-state index in [0.717, 1.165) is 62.6 Å². The van der Waals surface area contributed by atoms with Crippen LogP contribution in [0.2, 0.25) is 0 Å². The molecule has 1 unspecified atom stereocenters. The molecule has 2 aromatic carbocycles. The first-order valence-electron chi connectivity index (χ1n) is 11.3. The van der Waals surface area contributed by atoms with Gasteiger partial charge in [-0.1, -0.05) is 30.3 Å². The normalized spacial score (nSPS) is 19.2. The van der Waals surface area contributed by atoms with Gasteiger partial charge in [-0.25, -0.2) is 0 Å². The highest BCUT2D eigenvalue weighted by Crippen LogP contribution is 2.35. The molecule has 5 heteroatoms. The molecule has 0 aliphatic carbocycles. The number of nitrogens with zero attached hydrogens (tertiary/aromatic N) is 2. The summed E-state index contributed by atoms with van der Waals surface area (Å²) in [6, 6.07) is 14.6. The van der Waals surface area contributed by atoms with Crippen LogP contribution in [0.1, 0.15) is 37.0 Å². The number of rotatable bonds is 6. The Morgan fingerprint density at radius 1 is 1.16 bits per heavy atom. The van der Waals surface area contributed by atoms with E-state index in [1.165, 1.54) is 11.1 Å². The second-order valence-corrected chi connectivity index (χ2v) is 8.34.